The number of unbranched alkanes of at least 4 members (excludes halogenated alkanes) is 1. The van der Waals surface area contributed by atoms with Crippen LogP contribution in [0, 0.1) is 0 Å². The molecule has 0 aliphatic rings. The molecule has 1 aromatic rings. The van der Waals surface area contributed by atoms with E-state index < -0.39 is 6.36 Å². The molecule has 0 aromatic heterocycles. The van der Waals surface area contributed by atoms with Crippen LogP contribution in [0.3, 0.4) is 0 Å². The Balaban J connectivity index is 2.56. The van der Waals surface area contributed by atoms with Crippen molar-refractivity contribution in [2.24, 2.45) is 5.73 Å². The third-order valence-corrected chi connectivity index (χ3v) is 2.73. The molecule has 0 radical (unpaired) electrons. The predicted octanol–water partition coefficient (Wildman–Crippen LogP) is 1.95. The molecule has 4 N–H and O–H groups in total. The van der Waals surface area contributed by atoms with Gasteiger partial charge in [-0.05, 0) is 37.1 Å². The summed E-state index contributed by atoms with van der Waals surface area (Å²) in [5, 5.41) is 11.9. The molecular formula is C13H19F3N2O2. The third kappa shape index (κ3) is 6.23. The maximum Gasteiger partial charge on any atom is 0.573 e. The minimum atomic E-state index is -4.68. The first-order chi connectivity index (χ1) is 9.46. The normalized spacial score (nSPS) is 13.2. The van der Waals surface area contributed by atoms with Crippen molar-refractivity contribution in [3.05, 3.63) is 29.8 Å². The highest BCUT2D eigenvalue weighted by Crippen LogP contribution is 2.24. The van der Waals surface area contributed by atoms with Crippen molar-refractivity contribution in [3.8, 4) is 5.75 Å². The lowest BCUT2D eigenvalue weighted by atomic mass is 10.1. The minimum absolute atomic E-state index is 0.131. The highest BCUT2D eigenvalue weighted by Gasteiger charge is 2.31. The summed E-state index contributed by atoms with van der Waals surface area (Å²) in [7, 11) is 0. The van der Waals surface area contributed by atoms with Gasteiger partial charge < -0.3 is 20.9 Å². The highest BCUT2D eigenvalue weighted by atomic mass is 19.4. The molecule has 1 unspecified atom stereocenters. The predicted molar refractivity (Wildman–Crippen MR) is 69.2 cm³/mol. The van der Waals surface area contributed by atoms with Gasteiger partial charge in [0, 0.05) is 19.2 Å². The van der Waals surface area contributed by atoms with E-state index in [0.717, 1.165) is 12.0 Å². The second kappa shape index (κ2) is 8.08. The Labute approximate surface area is 115 Å². The summed E-state index contributed by atoms with van der Waals surface area (Å²) >= 11 is 0. The zero-order valence-corrected chi connectivity index (χ0v) is 11.0. The summed E-state index contributed by atoms with van der Waals surface area (Å²) in [6.07, 6.45) is -3.18. The Morgan fingerprint density at radius 1 is 1.20 bits per heavy atom. The molecule has 1 rings (SSSR count). The lowest BCUT2D eigenvalue weighted by Gasteiger charge is -2.18. The van der Waals surface area contributed by atoms with Crippen molar-refractivity contribution >= 4 is 0 Å². The van der Waals surface area contributed by atoms with Crippen LogP contribution in [-0.2, 0) is 0 Å². The lowest BCUT2D eigenvalue weighted by molar-refractivity contribution is -0.274. The number of hydrogen-bond donors (Lipinski definition) is 3. The molecule has 0 spiro atoms. The van der Waals surface area contributed by atoms with Crippen LogP contribution in [0.4, 0.5) is 13.2 Å². The van der Waals surface area contributed by atoms with Gasteiger partial charge in [-0.1, -0.05) is 12.1 Å². The Hall–Kier alpha value is -1.31. The number of hydrogen-bond acceptors (Lipinski definition) is 4. The summed E-state index contributed by atoms with van der Waals surface area (Å²) in [5.74, 6) is -0.252. The van der Waals surface area contributed by atoms with Crippen LogP contribution in [-0.4, -0.2) is 31.2 Å². The number of nitrogens with one attached hydrogen (secondary N) is 1. The van der Waals surface area contributed by atoms with Crippen LogP contribution < -0.4 is 15.8 Å². The summed E-state index contributed by atoms with van der Waals surface area (Å²) < 4.78 is 39.9. The monoisotopic (exact) mass is 292 g/mol. The fourth-order valence-electron chi connectivity index (χ4n) is 1.75. The molecule has 0 heterocycles. The van der Waals surface area contributed by atoms with Gasteiger partial charge in [-0.2, -0.15) is 0 Å². The van der Waals surface area contributed by atoms with Crippen molar-refractivity contribution in [1.82, 2.24) is 5.32 Å². The number of halogens is 3. The number of benzene rings is 1. The molecule has 1 aromatic carbocycles. The maximum absolute atomic E-state index is 12.0. The molecule has 114 valence electrons. The molecule has 20 heavy (non-hydrogen) atoms. The van der Waals surface area contributed by atoms with Gasteiger partial charge in [-0.25, -0.2) is 0 Å². The molecule has 0 aliphatic heterocycles. The standard InChI is InChI=1S/C13H19F3N2O2/c14-13(15,16)20-11-5-3-10(4-6-11)12(9-17)18-7-1-2-8-19/h3-6,12,18-19H,1-2,7-9,17H2. The van der Waals surface area contributed by atoms with Gasteiger partial charge in [0.2, 0.25) is 0 Å². The third-order valence-electron chi connectivity index (χ3n) is 2.73. The number of aliphatic hydroxyl groups excluding tert-OH is 1. The molecule has 7 heteroatoms. The molecular weight excluding hydrogens is 273 g/mol. The van der Waals surface area contributed by atoms with Gasteiger partial charge in [0.15, 0.2) is 0 Å². The van der Waals surface area contributed by atoms with Gasteiger partial charge in [-0.3, -0.25) is 0 Å². The number of rotatable bonds is 8. The zero-order chi connectivity index (χ0) is 15.0. The Kier molecular flexibility index (Phi) is 6.77. The van der Waals surface area contributed by atoms with Crippen molar-refractivity contribution < 1.29 is 23.0 Å². The molecule has 0 amide bonds. The van der Waals surface area contributed by atoms with Crippen LogP contribution in [0.25, 0.3) is 0 Å². The van der Waals surface area contributed by atoms with Crippen LogP contribution in [0.1, 0.15) is 24.4 Å². The van der Waals surface area contributed by atoms with Gasteiger partial charge in [0.05, 0.1) is 0 Å². The molecule has 0 fully saturated rings. The fraction of sp³-hybridized carbons (Fsp3) is 0.538. The first kappa shape index (κ1) is 16.7. The summed E-state index contributed by atoms with van der Waals surface area (Å²) in [6, 6.07) is 5.51. The zero-order valence-electron chi connectivity index (χ0n) is 11.0. The molecule has 4 nitrogen and oxygen atoms in total. The minimum Gasteiger partial charge on any atom is -0.406 e. The molecule has 0 bridgehead atoms. The molecule has 0 aliphatic carbocycles. The molecule has 0 saturated carbocycles. The lowest BCUT2D eigenvalue weighted by Crippen LogP contribution is -2.29. The Morgan fingerprint density at radius 2 is 1.85 bits per heavy atom. The fourth-order valence-corrected chi connectivity index (χ4v) is 1.75. The number of alkyl halides is 3. The SMILES string of the molecule is NCC(NCCCCO)c1ccc(OC(F)(F)F)cc1. The highest BCUT2D eigenvalue weighted by molar-refractivity contribution is 5.29. The number of aliphatic hydroxyl groups is 1. The van der Waals surface area contributed by atoms with Crippen molar-refractivity contribution in [2.45, 2.75) is 25.2 Å². The van der Waals surface area contributed by atoms with Crippen LogP contribution in [0.5, 0.6) is 5.75 Å². The second-order valence-electron chi connectivity index (χ2n) is 4.29. The van der Waals surface area contributed by atoms with E-state index in [1.54, 1.807) is 12.1 Å². The van der Waals surface area contributed by atoms with Crippen LogP contribution >= 0.6 is 0 Å². The number of nitrogens with two attached hydrogens (primary N) is 1. The Bertz CT molecular complexity index is 382. The van der Waals surface area contributed by atoms with E-state index in [4.69, 9.17) is 10.8 Å². The largest absolute Gasteiger partial charge is 0.573 e. The number of ether oxygens (including phenoxy) is 1. The smallest absolute Gasteiger partial charge is 0.406 e. The average Bonchev–Trinajstić information content (AvgIpc) is 2.38. The van der Waals surface area contributed by atoms with E-state index in [0.29, 0.717) is 19.5 Å². The van der Waals surface area contributed by atoms with Gasteiger partial charge in [0.1, 0.15) is 5.75 Å². The molecule has 1 atom stereocenters. The van der Waals surface area contributed by atoms with E-state index >= 15 is 0 Å². The first-order valence-corrected chi connectivity index (χ1v) is 6.36. The van der Waals surface area contributed by atoms with Gasteiger partial charge in [-0.15, -0.1) is 13.2 Å². The Morgan fingerprint density at radius 3 is 2.35 bits per heavy atom. The van der Waals surface area contributed by atoms with E-state index in [1.165, 1.54) is 12.1 Å². The second-order valence-corrected chi connectivity index (χ2v) is 4.29. The van der Waals surface area contributed by atoms with E-state index in [9.17, 15) is 13.2 Å². The maximum atomic E-state index is 12.0. The molecule has 0 saturated heterocycles. The van der Waals surface area contributed by atoms with Crippen molar-refractivity contribution in [2.75, 3.05) is 19.7 Å². The van der Waals surface area contributed by atoms with Gasteiger partial charge >= 0.3 is 6.36 Å². The summed E-state index contributed by atoms with van der Waals surface area (Å²) in [6.45, 7) is 1.15. The topological polar surface area (TPSA) is 67.5 Å². The summed E-state index contributed by atoms with van der Waals surface area (Å²) in [5.41, 5.74) is 6.43. The van der Waals surface area contributed by atoms with Crippen molar-refractivity contribution in [3.63, 3.8) is 0 Å². The van der Waals surface area contributed by atoms with E-state index in [-0.39, 0.29) is 18.4 Å². The average molecular weight is 292 g/mol. The quantitative estimate of drug-likeness (QED) is 0.641. The van der Waals surface area contributed by atoms with Crippen molar-refractivity contribution in [1.29, 1.82) is 0 Å². The van der Waals surface area contributed by atoms with Crippen LogP contribution in [0.15, 0.2) is 24.3 Å². The van der Waals surface area contributed by atoms with Gasteiger partial charge in [0.25, 0.3) is 0 Å². The summed E-state index contributed by atoms with van der Waals surface area (Å²) in [4.78, 5) is 0. The van der Waals surface area contributed by atoms with Crippen LogP contribution in [0.2, 0.25) is 0 Å². The van der Waals surface area contributed by atoms with E-state index in [1.807, 2.05) is 0 Å². The first-order valence-electron chi connectivity index (χ1n) is 6.36. The van der Waals surface area contributed by atoms with E-state index in [2.05, 4.69) is 10.1 Å².